The molecule has 2 saturated heterocycles. The fourth-order valence-corrected chi connectivity index (χ4v) is 4.33. The number of amides is 2. The molecule has 1 aromatic heterocycles. The van der Waals surface area contributed by atoms with E-state index in [4.69, 9.17) is 0 Å². The summed E-state index contributed by atoms with van der Waals surface area (Å²) in [5.41, 5.74) is 0. The number of nitrogens with zero attached hydrogens (tertiary/aromatic N) is 2. The van der Waals surface area contributed by atoms with Crippen molar-refractivity contribution >= 4 is 23.2 Å². The molecule has 3 rings (SSSR count). The van der Waals surface area contributed by atoms with Gasteiger partial charge >= 0.3 is 0 Å². The van der Waals surface area contributed by atoms with Crippen molar-refractivity contribution in [1.29, 1.82) is 0 Å². The van der Waals surface area contributed by atoms with Crippen LogP contribution in [0.25, 0.3) is 0 Å². The van der Waals surface area contributed by atoms with Crippen molar-refractivity contribution in [2.75, 3.05) is 6.54 Å². The minimum Gasteiger partial charge on any atom is -0.329 e. The normalized spacial score (nSPS) is 26.2. The van der Waals surface area contributed by atoms with Gasteiger partial charge in [-0.3, -0.25) is 9.59 Å². The Morgan fingerprint density at radius 1 is 1.24 bits per heavy atom. The molecule has 0 aromatic carbocycles. The monoisotopic (exact) mass is 306 g/mol. The largest absolute Gasteiger partial charge is 0.329 e. The number of thiophene rings is 1. The molecule has 4 nitrogen and oxygen atoms in total. The van der Waals surface area contributed by atoms with Gasteiger partial charge in [0.25, 0.3) is 0 Å². The molecular weight excluding hydrogens is 284 g/mol. The van der Waals surface area contributed by atoms with Crippen molar-refractivity contribution in [3.8, 4) is 0 Å². The Balaban J connectivity index is 1.86. The van der Waals surface area contributed by atoms with Crippen molar-refractivity contribution in [2.45, 2.75) is 58.2 Å². The van der Waals surface area contributed by atoms with E-state index in [2.05, 4.69) is 19.1 Å². The molecule has 5 heteroatoms. The lowest BCUT2D eigenvalue weighted by Crippen LogP contribution is -2.65. The molecule has 2 aliphatic rings. The molecule has 0 N–H and O–H groups in total. The Bertz CT molecular complexity index is 554. The van der Waals surface area contributed by atoms with Crippen molar-refractivity contribution in [3.05, 3.63) is 21.9 Å². The molecule has 0 bridgehead atoms. The zero-order valence-electron chi connectivity index (χ0n) is 12.7. The van der Waals surface area contributed by atoms with Crippen molar-refractivity contribution in [2.24, 2.45) is 0 Å². The minimum absolute atomic E-state index is 0.146. The maximum Gasteiger partial charge on any atom is 0.246 e. The summed E-state index contributed by atoms with van der Waals surface area (Å²) in [5.74, 6) is 0.294. The van der Waals surface area contributed by atoms with Gasteiger partial charge in [0, 0.05) is 16.3 Å². The molecule has 0 radical (unpaired) electrons. The third kappa shape index (κ3) is 2.59. The predicted octanol–water partition coefficient (Wildman–Crippen LogP) is 2.56. The van der Waals surface area contributed by atoms with E-state index in [1.54, 1.807) is 11.3 Å². The Kier molecular flexibility index (Phi) is 4.02. The van der Waals surface area contributed by atoms with Gasteiger partial charge in [0.15, 0.2) is 0 Å². The lowest BCUT2D eigenvalue weighted by Gasteiger charge is -2.46. The number of piperazine rings is 1. The fourth-order valence-electron chi connectivity index (χ4n) is 3.44. The van der Waals surface area contributed by atoms with Gasteiger partial charge < -0.3 is 9.80 Å². The van der Waals surface area contributed by atoms with Crippen LogP contribution in [0.4, 0.5) is 0 Å². The molecule has 3 heterocycles. The average molecular weight is 306 g/mol. The summed E-state index contributed by atoms with van der Waals surface area (Å²) in [6.45, 7) is 5.38. The number of aryl methyl sites for hydroxylation is 1. The van der Waals surface area contributed by atoms with Gasteiger partial charge in [-0.25, -0.2) is 0 Å². The topological polar surface area (TPSA) is 40.6 Å². The van der Waals surface area contributed by atoms with Crippen LogP contribution in [-0.2, 0) is 16.1 Å². The molecule has 1 aromatic rings. The molecular formula is C16H22N2O2S. The van der Waals surface area contributed by atoms with E-state index in [1.807, 2.05) is 16.7 Å². The molecule has 21 heavy (non-hydrogen) atoms. The van der Waals surface area contributed by atoms with Gasteiger partial charge in [0.1, 0.15) is 12.1 Å². The highest BCUT2D eigenvalue weighted by molar-refractivity contribution is 7.11. The zero-order chi connectivity index (χ0) is 15.0. The summed E-state index contributed by atoms with van der Waals surface area (Å²) in [4.78, 5) is 31.6. The van der Waals surface area contributed by atoms with Gasteiger partial charge in [-0.2, -0.15) is 0 Å². The highest BCUT2D eigenvalue weighted by Gasteiger charge is 2.45. The van der Waals surface area contributed by atoms with E-state index in [0.29, 0.717) is 13.0 Å². The van der Waals surface area contributed by atoms with E-state index in [-0.39, 0.29) is 23.9 Å². The second-order valence-corrected chi connectivity index (χ2v) is 7.32. The number of rotatable bonds is 3. The first-order valence-electron chi connectivity index (χ1n) is 7.78. The second-order valence-electron chi connectivity index (χ2n) is 5.95. The first kappa shape index (κ1) is 14.6. The Labute approximate surface area is 129 Å². The van der Waals surface area contributed by atoms with Crippen molar-refractivity contribution in [1.82, 2.24) is 9.80 Å². The summed E-state index contributed by atoms with van der Waals surface area (Å²) in [5, 5.41) is 0. The summed E-state index contributed by atoms with van der Waals surface area (Å²) in [7, 11) is 0. The van der Waals surface area contributed by atoms with Crippen LogP contribution >= 0.6 is 11.3 Å². The number of hydrogen-bond acceptors (Lipinski definition) is 3. The second kappa shape index (κ2) is 5.79. The minimum atomic E-state index is -0.283. The predicted molar refractivity (Wildman–Crippen MR) is 83.0 cm³/mol. The van der Waals surface area contributed by atoms with Gasteiger partial charge in [-0.1, -0.05) is 6.92 Å². The SMILES string of the molecule is CCC1C(=O)N2CCCCC2C(=O)N1Cc1ccc(C)s1. The van der Waals surface area contributed by atoms with E-state index < -0.39 is 0 Å². The maximum atomic E-state index is 12.8. The molecule has 114 valence electrons. The molecule has 2 atom stereocenters. The van der Waals surface area contributed by atoms with Crippen LogP contribution in [0, 0.1) is 6.92 Å². The van der Waals surface area contributed by atoms with E-state index in [9.17, 15) is 9.59 Å². The summed E-state index contributed by atoms with van der Waals surface area (Å²) in [6, 6.07) is 3.64. The van der Waals surface area contributed by atoms with Crippen LogP contribution in [0.1, 0.15) is 42.4 Å². The molecule has 0 aliphatic carbocycles. The fraction of sp³-hybridized carbons (Fsp3) is 0.625. The lowest BCUT2D eigenvalue weighted by atomic mass is 9.94. The highest BCUT2D eigenvalue weighted by Crippen LogP contribution is 2.29. The van der Waals surface area contributed by atoms with Gasteiger partial charge in [-0.05, 0) is 44.7 Å². The van der Waals surface area contributed by atoms with Crippen LogP contribution in [0.2, 0.25) is 0 Å². The molecule has 0 saturated carbocycles. The Morgan fingerprint density at radius 3 is 2.71 bits per heavy atom. The highest BCUT2D eigenvalue weighted by atomic mass is 32.1. The number of carbonyl (C=O) groups is 2. The first-order valence-corrected chi connectivity index (χ1v) is 8.59. The van der Waals surface area contributed by atoms with Crippen molar-refractivity contribution < 1.29 is 9.59 Å². The van der Waals surface area contributed by atoms with Crippen LogP contribution in [0.3, 0.4) is 0 Å². The molecule has 2 unspecified atom stereocenters. The van der Waals surface area contributed by atoms with E-state index in [1.165, 1.54) is 4.88 Å². The Hall–Kier alpha value is -1.36. The van der Waals surface area contributed by atoms with Crippen LogP contribution in [0.5, 0.6) is 0 Å². The maximum absolute atomic E-state index is 12.8. The third-order valence-corrected chi connectivity index (χ3v) is 5.51. The number of fused-ring (bicyclic) bond motifs is 1. The summed E-state index contributed by atoms with van der Waals surface area (Å²) < 4.78 is 0. The first-order chi connectivity index (χ1) is 10.1. The van der Waals surface area contributed by atoms with E-state index in [0.717, 1.165) is 30.7 Å². The van der Waals surface area contributed by atoms with Crippen molar-refractivity contribution in [3.63, 3.8) is 0 Å². The number of piperidine rings is 1. The lowest BCUT2D eigenvalue weighted by molar-refractivity contribution is -0.164. The average Bonchev–Trinajstić information content (AvgIpc) is 2.90. The Morgan fingerprint density at radius 2 is 2.05 bits per heavy atom. The molecule has 2 amide bonds. The van der Waals surface area contributed by atoms with E-state index >= 15 is 0 Å². The van der Waals surface area contributed by atoms with Crippen LogP contribution in [0.15, 0.2) is 12.1 Å². The third-order valence-electron chi connectivity index (χ3n) is 4.52. The summed E-state index contributed by atoms with van der Waals surface area (Å²) in [6.07, 6.45) is 3.58. The molecule has 2 fully saturated rings. The molecule has 0 spiro atoms. The molecule has 2 aliphatic heterocycles. The zero-order valence-corrected chi connectivity index (χ0v) is 13.5. The number of hydrogen-bond donors (Lipinski definition) is 0. The van der Waals surface area contributed by atoms with Crippen LogP contribution < -0.4 is 0 Å². The smallest absolute Gasteiger partial charge is 0.246 e. The van der Waals surface area contributed by atoms with Crippen LogP contribution in [-0.4, -0.2) is 40.2 Å². The summed E-state index contributed by atoms with van der Waals surface area (Å²) >= 11 is 1.71. The van der Waals surface area contributed by atoms with Gasteiger partial charge in [-0.15, -0.1) is 11.3 Å². The van der Waals surface area contributed by atoms with Gasteiger partial charge in [0.05, 0.1) is 6.54 Å². The number of carbonyl (C=O) groups excluding carboxylic acids is 2. The quantitative estimate of drug-likeness (QED) is 0.861. The van der Waals surface area contributed by atoms with Gasteiger partial charge in [0.2, 0.25) is 11.8 Å². The standard InChI is InChI=1S/C16H22N2O2S/c1-3-13-15(19)17-9-5-4-6-14(17)16(20)18(13)10-12-8-7-11(2)21-12/h7-8,13-14H,3-6,9-10H2,1-2H3.